The maximum absolute atomic E-state index is 12.7. The Bertz CT molecular complexity index is 997. The Morgan fingerprint density at radius 3 is 2.89 bits per heavy atom. The largest absolute Gasteiger partial charge is 0.481 e. The van der Waals surface area contributed by atoms with E-state index in [0.717, 1.165) is 15.4 Å². The highest BCUT2D eigenvalue weighted by atomic mass is 79.9. The highest BCUT2D eigenvalue weighted by Gasteiger charge is 2.25. The fourth-order valence-corrected chi connectivity index (χ4v) is 3.69. The van der Waals surface area contributed by atoms with Gasteiger partial charge in [-0.1, -0.05) is 39.7 Å². The quantitative estimate of drug-likeness (QED) is 0.568. The number of fused-ring (bicyclic) bond motifs is 1. The number of hydrogen-bond donors (Lipinski definition) is 0. The number of benzene rings is 2. The zero-order chi connectivity index (χ0) is 19.5. The zero-order valence-corrected chi connectivity index (χ0v) is 17.3. The van der Waals surface area contributed by atoms with Crippen molar-refractivity contribution < 1.29 is 14.3 Å². The molecule has 7 heteroatoms. The second-order valence-corrected chi connectivity index (χ2v) is 7.81. The summed E-state index contributed by atoms with van der Waals surface area (Å²) in [5.74, 6) is 0.468. The lowest BCUT2D eigenvalue weighted by molar-refractivity contribution is -0.141. The van der Waals surface area contributed by atoms with E-state index in [2.05, 4.69) is 20.9 Å². The Morgan fingerprint density at radius 2 is 2.07 bits per heavy atom. The van der Waals surface area contributed by atoms with Gasteiger partial charge in [-0.05, 0) is 42.0 Å². The van der Waals surface area contributed by atoms with Crippen molar-refractivity contribution in [1.82, 2.24) is 9.88 Å². The minimum absolute atomic E-state index is 0.0552. The van der Waals surface area contributed by atoms with Gasteiger partial charge in [0, 0.05) is 22.6 Å². The summed E-state index contributed by atoms with van der Waals surface area (Å²) in [6, 6.07) is 15.2. The molecule has 1 aromatic heterocycles. The number of amides is 1. The number of halogens is 2. The molecule has 28 heavy (non-hydrogen) atoms. The van der Waals surface area contributed by atoms with Gasteiger partial charge in [0.15, 0.2) is 6.61 Å². The van der Waals surface area contributed by atoms with Crippen molar-refractivity contribution in [3.63, 3.8) is 0 Å². The molecule has 2 aromatic carbocycles. The number of aromatic nitrogens is 1. The fourth-order valence-electron chi connectivity index (χ4n) is 3.21. The van der Waals surface area contributed by atoms with Crippen molar-refractivity contribution in [3.8, 4) is 5.75 Å². The van der Waals surface area contributed by atoms with Gasteiger partial charge in [0.25, 0.3) is 5.91 Å². The van der Waals surface area contributed by atoms with E-state index in [1.165, 1.54) is 0 Å². The first-order chi connectivity index (χ1) is 13.6. The van der Waals surface area contributed by atoms with E-state index in [0.29, 0.717) is 36.0 Å². The molecule has 1 aliphatic rings. The second-order valence-electron chi connectivity index (χ2n) is 6.48. The van der Waals surface area contributed by atoms with Crippen molar-refractivity contribution in [3.05, 3.63) is 69.8 Å². The summed E-state index contributed by atoms with van der Waals surface area (Å²) in [4.78, 5) is 18.8. The zero-order valence-electron chi connectivity index (χ0n) is 15.0. The lowest BCUT2D eigenvalue weighted by Gasteiger charge is -2.33. The first kappa shape index (κ1) is 19.2. The molecule has 0 radical (unpaired) electrons. The van der Waals surface area contributed by atoms with Gasteiger partial charge in [0.2, 0.25) is 0 Å². The molecule has 0 N–H and O–H groups in total. The van der Waals surface area contributed by atoms with Crippen molar-refractivity contribution in [2.45, 2.75) is 6.10 Å². The molecule has 0 saturated carbocycles. The fraction of sp³-hybridized carbons (Fsp3) is 0.238. The lowest BCUT2D eigenvalue weighted by Crippen LogP contribution is -2.44. The summed E-state index contributed by atoms with van der Waals surface area (Å²) >= 11 is 9.64. The molecule has 1 fully saturated rings. The normalized spacial score (nSPS) is 16.9. The number of carbonyl (C=O) groups is 1. The Balaban J connectivity index is 1.43. The predicted octanol–water partition coefficient (Wildman–Crippen LogP) is 4.63. The van der Waals surface area contributed by atoms with Crippen molar-refractivity contribution in [2.75, 3.05) is 26.3 Å². The SMILES string of the molecule is O=C(COc1ccc(Cl)c2cccnc12)N1CCOC(c2ccc(Br)cc2)C1. The number of pyridine rings is 1. The molecule has 0 spiro atoms. The van der Waals surface area contributed by atoms with Crippen molar-refractivity contribution >= 4 is 44.3 Å². The number of nitrogens with zero attached hydrogens (tertiary/aromatic N) is 2. The van der Waals surface area contributed by atoms with E-state index >= 15 is 0 Å². The number of hydrogen-bond acceptors (Lipinski definition) is 4. The number of morpholine rings is 1. The Morgan fingerprint density at radius 1 is 1.25 bits per heavy atom. The molecule has 1 amide bonds. The van der Waals surface area contributed by atoms with Gasteiger partial charge in [0.1, 0.15) is 17.4 Å². The van der Waals surface area contributed by atoms with Crippen LogP contribution in [0.25, 0.3) is 10.9 Å². The van der Waals surface area contributed by atoms with Crippen LogP contribution in [0.5, 0.6) is 5.75 Å². The van der Waals surface area contributed by atoms with Crippen LogP contribution in [-0.4, -0.2) is 42.1 Å². The van der Waals surface area contributed by atoms with Gasteiger partial charge in [-0.25, -0.2) is 0 Å². The lowest BCUT2D eigenvalue weighted by atomic mass is 10.1. The van der Waals surface area contributed by atoms with E-state index in [-0.39, 0.29) is 18.6 Å². The molecule has 1 unspecified atom stereocenters. The van der Waals surface area contributed by atoms with Crippen LogP contribution in [0, 0.1) is 0 Å². The van der Waals surface area contributed by atoms with Gasteiger partial charge in [0.05, 0.1) is 18.2 Å². The molecule has 3 aromatic rings. The summed E-state index contributed by atoms with van der Waals surface area (Å²) in [6.07, 6.45) is 1.54. The Labute approximate surface area is 176 Å². The minimum Gasteiger partial charge on any atom is -0.481 e. The second kappa shape index (κ2) is 8.47. The molecular formula is C21H18BrClN2O3. The monoisotopic (exact) mass is 460 g/mol. The molecule has 0 bridgehead atoms. The van der Waals surface area contributed by atoms with E-state index in [1.807, 2.05) is 36.4 Å². The average molecular weight is 462 g/mol. The molecule has 1 saturated heterocycles. The smallest absolute Gasteiger partial charge is 0.260 e. The molecule has 2 heterocycles. The van der Waals surface area contributed by atoms with Crippen LogP contribution in [0.1, 0.15) is 11.7 Å². The Hall–Kier alpha value is -2.15. The summed E-state index contributed by atoms with van der Waals surface area (Å²) in [5, 5.41) is 1.41. The molecule has 0 aliphatic carbocycles. The van der Waals surface area contributed by atoms with Crippen molar-refractivity contribution in [1.29, 1.82) is 0 Å². The minimum atomic E-state index is -0.135. The standard InChI is InChI=1S/C21H18BrClN2O3/c22-15-5-3-14(4-6-15)19-12-25(10-11-27-19)20(26)13-28-18-8-7-17(23)16-2-1-9-24-21(16)18/h1-9,19H,10-13H2. The van der Waals surface area contributed by atoms with E-state index < -0.39 is 0 Å². The Kier molecular flexibility index (Phi) is 5.80. The maximum atomic E-state index is 12.7. The predicted molar refractivity (Wildman–Crippen MR) is 112 cm³/mol. The van der Waals surface area contributed by atoms with E-state index in [4.69, 9.17) is 21.1 Å². The maximum Gasteiger partial charge on any atom is 0.260 e. The topological polar surface area (TPSA) is 51.7 Å². The van der Waals surface area contributed by atoms with Crippen molar-refractivity contribution in [2.24, 2.45) is 0 Å². The third kappa shape index (κ3) is 4.14. The van der Waals surface area contributed by atoms with Gasteiger partial charge < -0.3 is 14.4 Å². The number of carbonyl (C=O) groups excluding carboxylic acids is 1. The first-order valence-corrected chi connectivity index (χ1v) is 10.1. The van der Waals surface area contributed by atoms with E-state index in [9.17, 15) is 4.79 Å². The van der Waals surface area contributed by atoms with Crippen LogP contribution in [0.4, 0.5) is 0 Å². The van der Waals surface area contributed by atoms with Crippen LogP contribution in [0.3, 0.4) is 0 Å². The highest BCUT2D eigenvalue weighted by molar-refractivity contribution is 9.10. The van der Waals surface area contributed by atoms with Gasteiger partial charge in [-0.15, -0.1) is 0 Å². The molecule has 4 rings (SSSR count). The van der Waals surface area contributed by atoms with Crippen LogP contribution in [0.15, 0.2) is 59.2 Å². The summed E-state index contributed by atoms with van der Waals surface area (Å²) in [6.45, 7) is 1.50. The van der Waals surface area contributed by atoms with Crippen LogP contribution in [-0.2, 0) is 9.53 Å². The third-order valence-corrected chi connectivity index (χ3v) is 5.55. The first-order valence-electron chi connectivity index (χ1n) is 8.93. The van der Waals surface area contributed by atoms with Crippen LogP contribution in [0.2, 0.25) is 5.02 Å². The molecule has 1 atom stereocenters. The van der Waals surface area contributed by atoms with Crippen LogP contribution < -0.4 is 4.74 Å². The van der Waals surface area contributed by atoms with Crippen LogP contribution >= 0.6 is 27.5 Å². The average Bonchev–Trinajstić information content (AvgIpc) is 2.74. The summed E-state index contributed by atoms with van der Waals surface area (Å²) in [5.41, 5.74) is 1.70. The summed E-state index contributed by atoms with van der Waals surface area (Å²) < 4.78 is 12.6. The number of rotatable bonds is 4. The third-order valence-electron chi connectivity index (χ3n) is 4.69. The summed E-state index contributed by atoms with van der Waals surface area (Å²) in [7, 11) is 0. The molecular weight excluding hydrogens is 444 g/mol. The molecule has 144 valence electrons. The van der Waals surface area contributed by atoms with Gasteiger partial charge in [-0.3, -0.25) is 9.78 Å². The van der Waals surface area contributed by atoms with Gasteiger partial charge >= 0.3 is 0 Å². The van der Waals surface area contributed by atoms with E-state index in [1.54, 1.807) is 23.2 Å². The molecule has 5 nitrogen and oxygen atoms in total. The number of ether oxygens (including phenoxy) is 2. The molecule has 1 aliphatic heterocycles. The highest BCUT2D eigenvalue weighted by Crippen LogP contribution is 2.30. The van der Waals surface area contributed by atoms with Gasteiger partial charge in [-0.2, -0.15) is 0 Å².